The second kappa shape index (κ2) is 7.13. The van der Waals surface area contributed by atoms with Crippen LogP contribution in [0.5, 0.6) is 0 Å². The van der Waals surface area contributed by atoms with Crippen LogP contribution in [0.25, 0.3) is 21.5 Å². The molecule has 0 unspecified atom stereocenters. The van der Waals surface area contributed by atoms with Crippen molar-refractivity contribution in [3.8, 4) is 11.3 Å². The zero-order valence-electron chi connectivity index (χ0n) is 14.4. The molecule has 1 amide bonds. The van der Waals surface area contributed by atoms with E-state index in [1.807, 2.05) is 18.2 Å². The lowest BCUT2D eigenvalue weighted by Crippen LogP contribution is -2.21. The number of aromatic nitrogens is 2. The Morgan fingerprint density at radius 2 is 2.04 bits per heavy atom. The van der Waals surface area contributed by atoms with Gasteiger partial charge in [-0.2, -0.15) is 5.10 Å². The third-order valence-electron chi connectivity index (χ3n) is 4.21. The highest BCUT2D eigenvalue weighted by atomic mass is 35.5. The lowest BCUT2D eigenvalue weighted by Gasteiger charge is -2.04. The van der Waals surface area contributed by atoms with Crippen molar-refractivity contribution < 1.29 is 9.18 Å². The van der Waals surface area contributed by atoms with Gasteiger partial charge in [-0.15, -0.1) is 11.3 Å². The van der Waals surface area contributed by atoms with Gasteiger partial charge in [-0.25, -0.2) is 4.39 Å². The van der Waals surface area contributed by atoms with E-state index in [1.54, 1.807) is 42.1 Å². The lowest BCUT2D eigenvalue weighted by molar-refractivity contribution is 0.0955. The number of fused-ring (bicyclic) bond motifs is 1. The number of hydrogen-bond acceptors (Lipinski definition) is 3. The first-order chi connectivity index (χ1) is 13.0. The van der Waals surface area contributed by atoms with Gasteiger partial charge in [-0.1, -0.05) is 35.9 Å². The van der Waals surface area contributed by atoms with Crippen molar-refractivity contribution in [2.75, 3.05) is 0 Å². The van der Waals surface area contributed by atoms with Crippen LogP contribution in [0.4, 0.5) is 4.39 Å². The molecule has 4 rings (SSSR count). The topological polar surface area (TPSA) is 46.9 Å². The van der Waals surface area contributed by atoms with E-state index >= 15 is 0 Å². The van der Waals surface area contributed by atoms with Gasteiger partial charge in [0.2, 0.25) is 0 Å². The molecule has 0 radical (unpaired) electrons. The van der Waals surface area contributed by atoms with Gasteiger partial charge < -0.3 is 5.32 Å². The third-order valence-corrected chi connectivity index (χ3v) is 5.64. The highest BCUT2D eigenvalue weighted by Crippen LogP contribution is 2.34. The van der Waals surface area contributed by atoms with Crippen molar-refractivity contribution in [3.63, 3.8) is 0 Å². The van der Waals surface area contributed by atoms with Crippen LogP contribution in [-0.2, 0) is 13.6 Å². The number of rotatable bonds is 4. The number of amides is 1. The Morgan fingerprint density at radius 1 is 1.22 bits per heavy atom. The molecule has 1 N–H and O–H groups in total. The lowest BCUT2D eigenvalue weighted by atomic mass is 10.1. The zero-order chi connectivity index (χ0) is 19.0. The molecule has 0 bridgehead atoms. The maximum atomic E-state index is 14.2. The van der Waals surface area contributed by atoms with Crippen molar-refractivity contribution in [2.45, 2.75) is 6.54 Å². The quantitative estimate of drug-likeness (QED) is 0.523. The summed E-state index contributed by atoms with van der Waals surface area (Å²) in [4.78, 5) is 13.9. The molecule has 2 aromatic carbocycles. The second-order valence-electron chi connectivity index (χ2n) is 6.09. The van der Waals surface area contributed by atoms with Crippen LogP contribution in [0.2, 0.25) is 5.02 Å². The van der Waals surface area contributed by atoms with Crippen LogP contribution in [-0.4, -0.2) is 15.7 Å². The molecular weight excluding hydrogens is 385 g/mol. The summed E-state index contributed by atoms with van der Waals surface area (Å²) in [6.07, 6.45) is 0. The smallest absolute Gasteiger partial charge is 0.261 e. The maximum absolute atomic E-state index is 14.2. The van der Waals surface area contributed by atoms with Gasteiger partial charge >= 0.3 is 0 Å². The van der Waals surface area contributed by atoms with E-state index in [2.05, 4.69) is 10.4 Å². The largest absolute Gasteiger partial charge is 0.347 e. The number of aryl methyl sites for hydroxylation is 1. The summed E-state index contributed by atoms with van der Waals surface area (Å²) in [6.45, 7) is 0.381. The Balaban J connectivity index is 1.63. The van der Waals surface area contributed by atoms with E-state index in [-0.39, 0.29) is 11.7 Å². The third kappa shape index (κ3) is 3.46. The minimum Gasteiger partial charge on any atom is -0.347 e. The van der Waals surface area contributed by atoms with Gasteiger partial charge in [0.15, 0.2) is 0 Å². The Hall–Kier alpha value is -2.70. The summed E-state index contributed by atoms with van der Waals surface area (Å²) in [7, 11) is 1.79. The number of halogens is 2. The first-order valence-electron chi connectivity index (χ1n) is 8.27. The SMILES string of the molecule is Cn1nc(-c2ccccc2F)c2cc(C(=O)NCc3cccc(Cl)c3)sc21. The number of benzene rings is 2. The molecule has 0 fully saturated rings. The fraction of sp³-hybridized carbons (Fsp3) is 0.100. The van der Waals surface area contributed by atoms with Crippen molar-refractivity contribution in [2.24, 2.45) is 7.05 Å². The van der Waals surface area contributed by atoms with E-state index in [4.69, 9.17) is 11.6 Å². The molecule has 0 spiro atoms. The Kier molecular flexibility index (Phi) is 4.68. The first-order valence-corrected chi connectivity index (χ1v) is 9.46. The highest BCUT2D eigenvalue weighted by Gasteiger charge is 2.19. The molecule has 0 aliphatic heterocycles. The van der Waals surface area contributed by atoms with Crippen LogP contribution in [0.3, 0.4) is 0 Å². The van der Waals surface area contributed by atoms with E-state index in [1.165, 1.54) is 17.4 Å². The fourth-order valence-corrected chi connectivity index (χ4v) is 4.12. The molecule has 0 aliphatic rings. The van der Waals surface area contributed by atoms with Crippen LogP contribution in [0, 0.1) is 5.82 Å². The van der Waals surface area contributed by atoms with E-state index in [0.717, 1.165) is 15.8 Å². The molecule has 0 saturated carbocycles. The molecule has 27 heavy (non-hydrogen) atoms. The number of thiophene rings is 1. The number of nitrogens with zero attached hydrogens (tertiary/aromatic N) is 2. The Morgan fingerprint density at radius 3 is 2.81 bits per heavy atom. The Labute approximate surface area is 164 Å². The van der Waals surface area contributed by atoms with E-state index in [9.17, 15) is 9.18 Å². The van der Waals surface area contributed by atoms with Crippen molar-refractivity contribution in [1.82, 2.24) is 15.1 Å². The van der Waals surface area contributed by atoms with E-state index < -0.39 is 0 Å². The summed E-state index contributed by atoms with van der Waals surface area (Å²) >= 11 is 7.30. The molecule has 136 valence electrons. The van der Waals surface area contributed by atoms with Crippen molar-refractivity contribution in [3.05, 3.63) is 75.9 Å². The average Bonchev–Trinajstić information content (AvgIpc) is 3.21. The maximum Gasteiger partial charge on any atom is 0.261 e. The second-order valence-corrected chi connectivity index (χ2v) is 7.56. The standard InChI is InChI=1S/C20H15ClFN3OS/c1-25-20-15(18(24-25)14-7-2-3-8-16(14)22)10-17(27-20)19(26)23-11-12-5-4-6-13(21)9-12/h2-10H,11H2,1H3,(H,23,26). The van der Waals surface area contributed by atoms with E-state index in [0.29, 0.717) is 27.7 Å². The van der Waals surface area contributed by atoms with Gasteiger partial charge in [0, 0.05) is 29.6 Å². The number of carbonyl (C=O) groups is 1. The predicted molar refractivity (Wildman–Crippen MR) is 107 cm³/mol. The van der Waals surface area contributed by atoms with Crippen LogP contribution >= 0.6 is 22.9 Å². The molecule has 0 atom stereocenters. The molecule has 4 nitrogen and oxygen atoms in total. The van der Waals surface area contributed by atoms with Crippen molar-refractivity contribution >= 4 is 39.1 Å². The average molecular weight is 400 g/mol. The summed E-state index contributed by atoms with van der Waals surface area (Å²) in [5.41, 5.74) is 1.88. The monoisotopic (exact) mass is 399 g/mol. The molecule has 7 heteroatoms. The van der Waals surface area contributed by atoms with Crippen LogP contribution < -0.4 is 5.32 Å². The minimum absolute atomic E-state index is 0.185. The molecule has 4 aromatic rings. The minimum atomic E-state index is -0.337. The normalized spacial score (nSPS) is 11.1. The zero-order valence-corrected chi connectivity index (χ0v) is 15.9. The van der Waals surface area contributed by atoms with Gasteiger partial charge in [-0.3, -0.25) is 9.48 Å². The van der Waals surface area contributed by atoms with Gasteiger partial charge in [0.25, 0.3) is 5.91 Å². The summed E-state index contributed by atoms with van der Waals surface area (Å²) in [5.74, 6) is -0.522. The summed E-state index contributed by atoms with van der Waals surface area (Å²) in [5, 5.41) is 8.71. The summed E-state index contributed by atoms with van der Waals surface area (Å²) < 4.78 is 15.9. The summed E-state index contributed by atoms with van der Waals surface area (Å²) in [6, 6.07) is 15.6. The van der Waals surface area contributed by atoms with Crippen LogP contribution in [0.15, 0.2) is 54.6 Å². The van der Waals surface area contributed by atoms with Gasteiger partial charge in [-0.05, 0) is 35.9 Å². The molecular formula is C20H15ClFN3OS. The molecule has 0 saturated heterocycles. The fourth-order valence-electron chi connectivity index (χ4n) is 2.92. The first kappa shape index (κ1) is 17.7. The Bertz CT molecular complexity index is 1150. The molecule has 2 heterocycles. The number of nitrogens with one attached hydrogen (secondary N) is 1. The number of hydrogen-bond donors (Lipinski definition) is 1. The van der Waals surface area contributed by atoms with Gasteiger partial charge in [0.1, 0.15) is 16.3 Å². The molecule has 2 aromatic heterocycles. The number of carbonyl (C=O) groups excluding carboxylic acids is 1. The molecule has 0 aliphatic carbocycles. The van der Waals surface area contributed by atoms with Crippen LogP contribution in [0.1, 0.15) is 15.2 Å². The van der Waals surface area contributed by atoms with Gasteiger partial charge in [0.05, 0.1) is 4.88 Å². The van der Waals surface area contributed by atoms with Crippen molar-refractivity contribution in [1.29, 1.82) is 0 Å². The highest BCUT2D eigenvalue weighted by molar-refractivity contribution is 7.20. The predicted octanol–water partition coefficient (Wildman–Crippen LogP) is 5.02.